The number of piperidine rings is 1. The van der Waals surface area contributed by atoms with Crippen molar-refractivity contribution in [2.75, 3.05) is 18.0 Å². The van der Waals surface area contributed by atoms with E-state index >= 15 is 0 Å². The van der Waals surface area contributed by atoms with Gasteiger partial charge in [0.05, 0.1) is 23.5 Å². The van der Waals surface area contributed by atoms with Crippen LogP contribution in [0, 0.1) is 5.41 Å². The van der Waals surface area contributed by atoms with Crippen LogP contribution in [0.15, 0.2) is 18.5 Å². The number of aliphatic hydroxyl groups is 1. The van der Waals surface area contributed by atoms with Crippen molar-refractivity contribution in [1.29, 1.82) is 0 Å². The van der Waals surface area contributed by atoms with Gasteiger partial charge in [0.25, 0.3) is 0 Å². The third-order valence-corrected chi connectivity index (χ3v) is 6.90. The number of anilines is 1. The molecule has 27 heavy (non-hydrogen) atoms. The first-order chi connectivity index (χ1) is 13.0. The molecule has 2 aromatic heterocycles. The van der Waals surface area contributed by atoms with Crippen molar-refractivity contribution in [3.63, 3.8) is 0 Å². The SMILES string of the molecule is NC1CCCC12CCN(c1ncc(-c3ccnc(Cl)c3Cl)nc1CO)CC2. The van der Waals surface area contributed by atoms with Crippen molar-refractivity contribution < 1.29 is 5.11 Å². The Balaban J connectivity index is 1.58. The van der Waals surface area contributed by atoms with Gasteiger partial charge in [0.15, 0.2) is 5.82 Å². The highest BCUT2D eigenvalue weighted by Crippen LogP contribution is 2.46. The summed E-state index contributed by atoms with van der Waals surface area (Å²) >= 11 is 12.3. The minimum atomic E-state index is -0.187. The zero-order valence-electron chi connectivity index (χ0n) is 15.0. The number of pyridine rings is 1. The Morgan fingerprint density at radius 3 is 2.67 bits per heavy atom. The van der Waals surface area contributed by atoms with Crippen molar-refractivity contribution in [2.24, 2.45) is 11.1 Å². The van der Waals surface area contributed by atoms with E-state index in [1.807, 2.05) is 0 Å². The quantitative estimate of drug-likeness (QED) is 0.757. The molecule has 2 aliphatic rings. The lowest BCUT2D eigenvalue weighted by Gasteiger charge is -2.42. The van der Waals surface area contributed by atoms with Crippen LogP contribution in [0.4, 0.5) is 5.82 Å². The molecule has 0 amide bonds. The number of nitrogens with zero attached hydrogens (tertiary/aromatic N) is 4. The summed E-state index contributed by atoms with van der Waals surface area (Å²) in [6, 6.07) is 2.05. The fourth-order valence-electron chi connectivity index (χ4n) is 4.49. The zero-order valence-corrected chi connectivity index (χ0v) is 16.5. The molecule has 3 N–H and O–H groups in total. The number of hydrogen-bond donors (Lipinski definition) is 2. The Bertz CT molecular complexity index is 839. The monoisotopic (exact) mass is 407 g/mol. The number of aliphatic hydroxyl groups excluding tert-OH is 1. The maximum Gasteiger partial charge on any atom is 0.152 e. The number of rotatable bonds is 3. The Labute approximate surface area is 168 Å². The fourth-order valence-corrected chi connectivity index (χ4v) is 4.85. The highest BCUT2D eigenvalue weighted by molar-refractivity contribution is 6.42. The lowest BCUT2D eigenvalue weighted by atomic mass is 9.74. The van der Waals surface area contributed by atoms with Gasteiger partial charge in [-0.25, -0.2) is 15.0 Å². The van der Waals surface area contributed by atoms with Crippen LogP contribution >= 0.6 is 23.2 Å². The van der Waals surface area contributed by atoms with Crippen LogP contribution in [0.3, 0.4) is 0 Å². The Morgan fingerprint density at radius 2 is 2.00 bits per heavy atom. The highest BCUT2D eigenvalue weighted by Gasteiger charge is 2.43. The molecular formula is C19H23Cl2N5O. The molecule has 144 valence electrons. The number of hydrogen-bond acceptors (Lipinski definition) is 6. The second-order valence-electron chi connectivity index (χ2n) is 7.50. The first-order valence-corrected chi connectivity index (χ1v) is 10.1. The number of halogens is 2. The van der Waals surface area contributed by atoms with Crippen molar-refractivity contribution in [3.8, 4) is 11.3 Å². The average Bonchev–Trinajstić information content (AvgIpc) is 3.04. The summed E-state index contributed by atoms with van der Waals surface area (Å²) in [7, 11) is 0. The smallest absolute Gasteiger partial charge is 0.152 e. The fraction of sp³-hybridized carbons (Fsp3) is 0.526. The van der Waals surface area contributed by atoms with Crippen molar-refractivity contribution >= 4 is 29.0 Å². The number of nitrogens with two attached hydrogens (primary N) is 1. The van der Waals surface area contributed by atoms with E-state index in [9.17, 15) is 5.11 Å². The van der Waals surface area contributed by atoms with Gasteiger partial charge in [-0.15, -0.1) is 0 Å². The summed E-state index contributed by atoms with van der Waals surface area (Å²) in [5, 5.41) is 10.4. The number of aromatic nitrogens is 3. The minimum Gasteiger partial charge on any atom is -0.390 e. The minimum absolute atomic E-state index is 0.187. The molecule has 2 aromatic rings. The summed E-state index contributed by atoms with van der Waals surface area (Å²) in [6.07, 6.45) is 8.96. The normalized spacial score (nSPS) is 21.8. The lowest BCUT2D eigenvalue weighted by molar-refractivity contribution is 0.196. The molecule has 4 rings (SSSR count). The third-order valence-electron chi connectivity index (χ3n) is 6.13. The predicted molar refractivity (Wildman–Crippen MR) is 107 cm³/mol. The average molecular weight is 408 g/mol. The molecule has 1 saturated heterocycles. The standard InChI is InChI=1S/C19H23Cl2N5O/c20-16-12(3-7-23-17(16)21)13-10-24-18(14(11-27)25-13)26-8-5-19(6-9-26)4-1-2-15(19)22/h3,7,10,15,27H,1-2,4-6,8-9,11,22H2. The van der Waals surface area contributed by atoms with Gasteiger partial charge in [0.2, 0.25) is 0 Å². The molecule has 1 unspecified atom stereocenters. The van der Waals surface area contributed by atoms with E-state index in [-0.39, 0.29) is 17.2 Å². The third kappa shape index (κ3) is 3.40. The van der Waals surface area contributed by atoms with Crippen molar-refractivity contribution in [1.82, 2.24) is 15.0 Å². The van der Waals surface area contributed by atoms with Crippen LogP contribution in [0.5, 0.6) is 0 Å². The van der Waals surface area contributed by atoms with Gasteiger partial charge in [0.1, 0.15) is 10.8 Å². The highest BCUT2D eigenvalue weighted by atomic mass is 35.5. The molecule has 0 bridgehead atoms. The van der Waals surface area contributed by atoms with Crippen molar-refractivity contribution in [3.05, 3.63) is 34.3 Å². The van der Waals surface area contributed by atoms with E-state index in [1.54, 1.807) is 18.5 Å². The molecule has 1 spiro atoms. The van der Waals surface area contributed by atoms with Gasteiger partial charge in [-0.05, 0) is 37.2 Å². The largest absolute Gasteiger partial charge is 0.390 e. The molecule has 2 fully saturated rings. The van der Waals surface area contributed by atoms with Crippen LogP contribution in [0.2, 0.25) is 10.2 Å². The van der Waals surface area contributed by atoms with E-state index < -0.39 is 0 Å². The molecule has 8 heteroatoms. The molecule has 1 saturated carbocycles. The summed E-state index contributed by atoms with van der Waals surface area (Å²) in [5.41, 5.74) is 8.43. The van der Waals surface area contributed by atoms with E-state index in [2.05, 4.69) is 19.9 Å². The topological polar surface area (TPSA) is 88.2 Å². The first kappa shape index (κ1) is 18.9. The van der Waals surface area contributed by atoms with Gasteiger partial charge < -0.3 is 15.7 Å². The van der Waals surface area contributed by atoms with Crippen LogP contribution in [-0.4, -0.2) is 39.2 Å². The Kier molecular flexibility index (Phi) is 5.25. The Hall–Kier alpha value is -1.47. The van der Waals surface area contributed by atoms with Crippen LogP contribution in [0.1, 0.15) is 37.8 Å². The molecule has 0 radical (unpaired) electrons. The van der Waals surface area contributed by atoms with Crippen LogP contribution in [0.25, 0.3) is 11.3 Å². The van der Waals surface area contributed by atoms with E-state index in [0.717, 1.165) is 38.2 Å². The molecule has 6 nitrogen and oxygen atoms in total. The van der Waals surface area contributed by atoms with E-state index in [4.69, 9.17) is 28.9 Å². The van der Waals surface area contributed by atoms with Gasteiger partial charge in [-0.2, -0.15) is 0 Å². The van der Waals surface area contributed by atoms with Gasteiger partial charge in [0, 0.05) is 30.9 Å². The maximum absolute atomic E-state index is 9.87. The van der Waals surface area contributed by atoms with Crippen LogP contribution < -0.4 is 10.6 Å². The second kappa shape index (κ2) is 7.51. The van der Waals surface area contributed by atoms with E-state index in [1.165, 1.54) is 12.8 Å². The van der Waals surface area contributed by atoms with Gasteiger partial charge >= 0.3 is 0 Å². The molecule has 1 atom stereocenters. The zero-order chi connectivity index (χ0) is 19.0. The Morgan fingerprint density at radius 1 is 1.22 bits per heavy atom. The summed E-state index contributed by atoms with van der Waals surface area (Å²) in [5.74, 6) is 0.735. The molecule has 3 heterocycles. The van der Waals surface area contributed by atoms with Gasteiger partial charge in [-0.1, -0.05) is 29.6 Å². The van der Waals surface area contributed by atoms with Crippen molar-refractivity contribution in [2.45, 2.75) is 44.8 Å². The lowest BCUT2D eigenvalue weighted by Crippen LogP contribution is -2.47. The van der Waals surface area contributed by atoms with Crippen LogP contribution in [-0.2, 0) is 6.61 Å². The summed E-state index contributed by atoms with van der Waals surface area (Å²) < 4.78 is 0. The predicted octanol–water partition coefficient (Wildman–Crippen LogP) is 3.44. The molecule has 0 aromatic carbocycles. The van der Waals surface area contributed by atoms with E-state index in [0.29, 0.717) is 28.0 Å². The van der Waals surface area contributed by atoms with Gasteiger partial charge in [-0.3, -0.25) is 0 Å². The first-order valence-electron chi connectivity index (χ1n) is 9.32. The molecule has 1 aliphatic heterocycles. The summed E-state index contributed by atoms with van der Waals surface area (Å²) in [4.78, 5) is 15.4. The molecular weight excluding hydrogens is 385 g/mol. The maximum atomic E-state index is 9.87. The summed E-state index contributed by atoms with van der Waals surface area (Å²) in [6.45, 7) is 1.58. The molecule has 1 aliphatic carbocycles. The second-order valence-corrected chi connectivity index (χ2v) is 8.23.